The van der Waals surface area contributed by atoms with E-state index in [4.69, 9.17) is 5.73 Å². The number of carbonyl (C=O) groups excluding carboxylic acids is 1. The van der Waals surface area contributed by atoms with Gasteiger partial charge in [0.25, 0.3) is 5.91 Å². The predicted octanol–water partition coefficient (Wildman–Crippen LogP) is 3.71. The smallest absolute Gasteiger partial charge is 0.263 e. The molecule has 4 heteroatoms. The van der Waals surface area contributed by atoms with Gasteiger partial charge in [-0.25, -0.2) is 0 Å². The van der Waals surface area contributed by atoms with Crippen LogP contribution in [0.2, 0.25) is 0 Å². The monoisotopic (exact) mass is 300 g/mol. The number of fused-ring (bicyclic) bond motifs is 1. The Labute approximate surface area is 128 Å². The van der Waals surface area contributed by atoms with Crippen LogP contribution in [0, 0.1) is 18.3 Å². The van der Waals surface area contributed by atoms with E-state index in [1.165, 1.54) is 42.6 Å². The SMILES string of the molecule is Cc1cccc2c(N)c(C(=O)NCC3(C4CC4)CC3)sc12. The minimum absolute atomic E-state index is 0.0000231. The second-order valence-corrected chi connectivity index (χ2v) is 7.64. The van der Waals surface area contributed by atoms with Crippen LogP contribution in [0.1, 0.15) is 40.9 Å². The van der Waals surface area contributed by atoms with Crippen molar-refractivity contribution >= 4 is 33.0 Å². The van der Waals surface area contributed by atoms with Crippen LogP contribution in [-0.4, -0.2) is 12.5 Å². The third kappa shape index (κ3) is 2.13. The summed E-state index contributed by atoms with van der Waals surface area (Å²) in [6.45, 7) is 2.88. The van der Waals surface area contributed by atoms with E-state index >= 15 is 0 Å². The summed E-state index contributed by atoms with van der Waals surface area (Å²) in [4.78, 5) is 13.2. The van der Waals surface area contributed by atoms with Crippen molar-refractivity contribution < 1.29 is 4.79 Å². The van der Waals surface area contributed by atoms with Gasteiger partial charge < -0.3 is 11.1 Å². The molecule has 1 amide bonds. The lowest BCUT2D eigenvalue weighted by Gasteiger charge is -2.14. The van der Waals surface area contributed by atoms with Crippen molar-refractivity contribution in [3.05, 3.63) is 28.6 Å². The number of hydrogen-bond acceptors (Lipinski definition) is 3. The van der Waals surface area contributed by atoms with E-state index in [-0.39, 0.29) is 5.91 Å². The van der Waals surface area contributed by atoms with Crippen LogP contribution in [0.3, 0.4) is 0 Å². The van der Waals surface area contributed by atoms with Crippen molar-refractivity contribution in [3.8, 4) is 0 Å². The maximum atomic E-state index is 12.5. The molecule has 3 N–H and O–H groups in total. The summed E-state index contributed by atoms with van der Waals surface area (Å²) in [6, 6.07) is 6.05. The van der Waals surface area contributed by atoms with E-state index in [2.05, 4.69) is 18.3 Å². The molecule has 0 spiro atoms. The molecule has 2 saturated carbocycles. The Hall–Kier alpha value is -1.55. The lowest BCUT2D eigenvalue weighted by atomic mass is 10.0. The molecule has 0 atom stereocenters. The lowest BCUT2D eigenvalue weighted by Crippen LogP contribution is -2.31. The Balaban J connectivity index is 1.56. The van der Waals surface area contributed by atoms with Gasteiger partial charge in [-0.2, -0.15) is 0 Å². The van der Waals surface area contributed by atoms with Crippen LogP contribution < -0.4 is 11.1 Å². The first-order valence-electron chi connectivity index (χ1n) is 7.66. The maximum absolute atomic E-state index is 12.5. The molecule has 1 aromatic carbocycles. The molecule has 0 saturated heterocycles. The van der Waals surface area contributed by atoms with E-state index < -0.39 is 0 Å². The van der Waals surface area contributed by atoms with Crippen LogP contribution in [0.4, 0.5) is 5.69 Å². The highest BCUT2D eigenvalue weighted by molar-refractivity contribution is 7.21. The number of thiophene rings is 1. The molecule has 2 fully saturated rings. The Kier molecular flexibility index (Phi) is 2.80. The average molecular weight is 300 g/mol. The van der Waals surface area contributed by atoms with Crippen molar-refractivity contribution in [2.24, 2.45) is 11.3 Å². The summed E-state index contributed by atoms with van der Waals surface area (Å²) in [5, 5.41) is 4.14. The molecule has 2 aliphatic carbocycles. The number of benzene rings is 1. The molecular weight excluding hydrogens is 280 g/mol. The van der Waals surface area contributed by atoms with Crippen molar-refractivity contribution in [2.75, 3.05) is 12.3 Å². The summed E-state index contributed by atoms with van der Waals surface area (Å²) in [5.74, 6) is 0.861. The molecule has 2 aromatic rings. The fourth-order valence-corrected chi connectivity index (χ4v) is 4.48. The molecular formula is C17H20N2OS. The third-order valence-corrected chi connectivity index (χ3v) is 6.45. The highest BCUT2D eigenvalue weighted by Gasteiger charge is 2.53. The van der Waals surface area contributed by atoms with Gasteiger partial charge in [0.2, 0.25) is 0 Å². The molecule has 0 aliphatic heterocycles. The van der Waals surface area contributed by atoms with Gasteiger partial charge in [0, 0.05) is 16.6 Å². The largest absolute Gasteiger partial charge is 0.397 e. The fraction of sp³-hybridized carbons (Fsp3) is 0.471. The summed E-state index contributed by atoms with van der Waals surface area (Å²) >= 11 is 1.52. The summed E-state index contributed by atoms with van der Waals surface area (Å²) < 4.78 is 1.13. The van der Waals surface area contributed by atoms with E-state index in [0.29, 0.717) is 16.0 Å². The number of nitrogen functional groups attached to an aromatic ring is 1. The first-order valence-corrected chi connectivity index (χ1v) is 8.48. The van der Waals surface area contributed by atoms with Crippen molar-refractivity contribution in [3.63, 3.8) is 0 Å². The zero-order valence-electron chi connectivity index (χ0n) is 12.2. The van der Waals surface area contributed by atoms with Crippen LogP contribution in [0.15, 0.2) is 18.2 Å². The van der Waals surface area contributed by atoms with Crippen molar-refractivity contribution in [2.45, 2.75) is 32.6 Å². The molecule has 110 valence electrons. The third-order valence-electron chi connectivity index (χ3n) is 5.09. The number of hydrogen-bond donors (Lipinski definition) is 2. The number of amides is 1. The highest BCUT2D eigenvalue weighted by atomic mass is 32.1. The molecule has 0 radical (unpaired) electrons. The molecule has 1 heterocycles. The fourth-order valence-electron chi connectivity index (χ4n) is 3.37. The van der Waals surface area contributed by atoms with Crippen LogP contribution in [0.25, 0.3) is 10.1 Å². The number of anilines is 1. The molecule has 2 aliphatic rings. The van der Waals surface area contributed by atoms with Gasteiger partial charge in [0.1, 0.15) is 4.88 Å². The minimum Gasteiger partial charge on any atom is -0.397 e. The van der Waals surface area contributed by atoms with Crippen molar-refractivity contribution in [1.29, 1.82) is 0 Å². The van der Waals surface area contributed by atoms with E-state index in [1.807, 2.05) is 12.1 Å². The topological polar surface area (TPSA) is 55.1 Å². The van der Waals surface area contributed by atoms with Gasteiger partial charge in [-0.3, -0.25) is 4.79 Å². The molecule has 0 bridgehead atoms. The van der Waals surface area contributed by atoms with Gasteiger partial charge in [-0.05, 0) is 49.5 Å². The second kappa shape index (κ2) is 4.47. The highest BCUT2D eigenvalue weighted by Crippen LogP contribution is 2.60. The zero-order chi connectivity index (χ0) is 14.6. The zero-order valence-corrected chi connectivity index (χ0v) is 13.1. The maximum Gasteiger partial charge on any atom is 0.263 e. The molecule has 4 rings (SSSR count). The Morgan fingerprint density at radius 1 is 1.43 bits per heavy atom. The second-order valence-electron chi connectivity index (χ2n) is 6.62. The summed E-state index contributed by atoms with van der Waals surface area (Å²) in [6.07, 6.45) is 5.25. The van der Waals surface area contributed by atoms with Gasteiger partial charge >= 0.3 is 0 Å². The predicted molar refractivity (Wildman–Crippen MR) is 87.7 cm³/mol. The number of rotatable bonds is 4. The van der Waals surface area contributed by atoms with Crippen LogP contribution in [-0.2, 0) is 0 Å². The number of carbonyl (C=O) groups is 1. The number of aryl methyl sites for hydroxylation is 1. The Morgan fingerprint density at radius 2 is 2.19 bits per heavy atom. The first-order chi connectivity index (χ1) is 10.1. The minimum atomic E-state index is 0.0000231. The standard InChI is InChI=1S/C17H20N2OS/c1-10-3-2-4-12-13(18)15(21-14(10)12)16(20)19-9-17(7-8-17)11-5-6-11/h2-4,11H,5-9,18H2,1H3,(H,19,20). The average Bonchev–Trinajstić information content (AvgIpc) is 3.35. The lowest BCUT2D eigenvalue weighted by molar-refractivity contribution is 0.0947. The molecule has 1 aromatic heterocycles. The van der Waals surface area contributed by atoms with E-state index in [9.17, 15) is 4.79 Å². The van der Waals surface area contributed by atoms with Crippen LogP contribution in [0.5, 0.6) is 0 Å². The van der Waals surface area contributed by atoms with E-state index in [0.717, 1.165) is 22.5 Å². The normalized spacial score (nSPS) is 19.7. The number of nitrogens with one attached hydrogen (secondary N) is 1. The Morgan fingerprint density at radius 3 is 2.81 bits per heavy atom. The Bertz CT molecular complexity index is 726. The van der Waals surface area contributed by atoms with Crippen LogP contribution >= 0.6 is 11.3 Å². The summed E-state index contributed by atoms with van der Waals surface area (Å²) in [5.41, 5.74) is 8.43. The number of nitrogens with two attached hydrogens (primary N) is 1. The van der Waals surface area contributed by atoms with Gasteiger partial charge in [0.05, 0.1) is 5.69 Å². The molecule has 0 unspecified atom stereocenters. The first kappa shape index (κ1) is 13.1. The quantitative estimate of drug-likeness (QED) is 0.904. The van der Waals surface area contributed by atoms with Gasteiger partial charge in [-0.15, -0.1) is 11.3 Å². The van der Waals surface area contributed by atoms with Gasteiger partial charge in [-0.1, -0.05) is 18.2 Å². The molecule has 3 nitrogen and oxygen atoms in total. The van der Waals surface area contributed by atoms with E-state index in [1.54, 1.807) is 0 Å². The van der Waals surface area contributed by atoms with Crippen molar-refractivity contribution in [1.82, 2.24) is 5.32 Å². The van der Waals surface area contributed by atoms with Gasteiger partial charge in [0.15, 0.2) is 0 Å². The molecule has 21 heavy (non-hydrogen) atoms. The summed E-state index contributed by atoms with van der Waals surface area (Å²) in [7, 11) is 0.